The molecular formula is C12H7Cl2N3S2. The number of hydrogen-bond donors (Lipinski definition) is 0. The summed E-state index contributed by atoms with van der Waals surface area (Å²) in [6.45, 7) is 0. The average molecular weight is 328 g/mol. The second kappa shape index (κ2) is 5.63. The summed E-state index contributed by atoms with van der Waals surface area (Å²) in [6.07, 6.45) is 1.71. The molecule has 0 saturated heterocycles. The van der Waals surface area contributed by atoms with Crippen molar-refractivity contribution in [2.75, 3.05) is 0 Å². The van der Waals surface area contributed by atoms with Gasteiger partial charge in [-0.25, -0.2) is 15.0 Å². The van der Waals surface area contributed by atoms with Crippen LogP contribution in [0.3, 0.4) is 0 Å². The number of nitrogens with zero attached hydrogens (tertiary/aromatic N) is 3. The minimum absolute atomic E-state index is 0.494. The minimum atomic E-state index is 0.494. The standard InChI is InChI=1S/C12H7Cl2N3S2/c13-8-2-1-4-15-12(8)19-6-9-16-10(14)7-3-5-18-11(7)17-9/h1-5H,6H2. The summed E-state index contributed by atoms with van der Waals surface area (Å²) in [7, 11) is 0. The highest BCUT2D eigenvalue weighted by Gasteiger charge is 2.09. The predicted octanol–water partition coefficient (Wildman–Crippen LogP) is 4.69. The van der Waals surface area contributed by atoms with Crippen LogP contribution in [0.15, 0.2) is 34.8 Å². The SMILES string of the molecule is Clc1cccnc1SCc1nc(Cl)c2ccsc2n1. The lowest BCUT2D eigenvalue weighted by molar-refractivity contribution is 1.06. The lowest BCUT2D eigenvalue weighted by Crippen LogP contribution is -1.93. The summed E-state index contributed by atoms with van der Waals surface area (Å²) >= 11 is 15.2. The normalized spacial score (nSPS) is 11.1. The number of pyridine rings is 1. The zero-order valence-electron chi connectivity index (χ0n) is 9.51. The highest BCUT2D eigenvalue weighted by molar-refractivity contribution is 7.98. The zero-order chi connectivity index (χ0) is 13.2. The van der Waals surface area contributed by atoms with Crippen LogP contribution < -0.4 is 0 Å². The first-order valence-corrected chi connectivity index (χ1v) is 7.99. The number of rotatable bonds is 3. The number of thiophene rings is 1. The van der Waals surface area contributed by atoms with Gasteiger partial charge in [0.25, 0.3) is 0 Å². The van der Waals surface area contributed by atoms with Crippen LogP contribution in [0.2, 0.25) is 10.2 Å². The zero-order valence-corrected chi connectivity index (χ0v) is 12.7. The molecule has 3 aromatic rings. The van der Waals surface area contributed by atoms with Gasteiger partial charge in [0, 0.05) is 11.6 Å². The monoisotopic (exact) mass is 327 g/mol. The Kier molecular flexibility index (Phi) is 3.88. The van der Waals surface area contributed by atoms with E-state index in [2.05, 4.69) is 15.0 Å². The summed E-state index contributed by atoms with van der Waals surface area (Å²) in [5, 5.41) is 4.76. The molecule has 3 nitrogen and oxygen atoms in total. The molecule has 3 aromatic heterocycles. The second-order valence-electron chi connectivity index (χ2n) is 3.65. The molecule has 0 spiro atoms. The van der Waals surface area contributed by atoms with Crippen molar-refractivity contribution in [2.24, 2.45) is 0 Å². The highest BCUT2D eigenvalue weighted by atomic mass is 35.5. The molecular weight excluding hydrogens is 321 g/mol. The largest absolute Gasteiger partial charge is 0.248 e. The number of halogens is 2. The first-order valence-electron chi connectivity index (χ1n) is 5.37. The molecule has 19 heavy (non-hydrogen) atoms. The third-order valence-electron chi connectivity index (χ3n) is 2.39. The van der Waals surface area contributed by atoms with Gasteiger partial charge >= 0.3 is 0 Å². The molecule has 96 valence electrons. The van der Waals surface area contributed by atoms with Crippen molar-refractivity contribution in [1.82, 2.24) is 15.0 Å². The van der Waals surface area contributed by atoms with E-state index >= 15 is 0 Å². The molecule has 0 aliphatic carbocycles. The Morgan fingerprint density at radius 1 is 1.21 bits per heavy atom. The summed E-state index contributed by atoms with van der Waals surface area (Å²) in [4.78, 5) is 13.9. The second-order valence-corrected chi connectivity index (χ2v) is 6.27. The van der Waals surface area contributed by atoms with Gasteiger partial charge in [-0.2, -0.15) is 0 Å². The van der Waals surface area contributed by atoms with E-state index in [1.54, 1.807) is 23.6 Å². The van der Waals surface area contributed by atoms with E-state index in [4.69, 9.17) is 23.2 Å². The third-order valence-corrected chi connectivity index (χ3v) is 4.90. The summed E-state index contributed by atoms with van der Waals surface area (Å²) in [5.74, 6) is 1.27. The van der Waals surface area contributed by atoms with Crippen molar-refractivity contribution in [3.63, 3.8) is 0 Å². The quantitative estimate of drug-likeness (QED) is 0.517. The van der Waals surface area contributed by atoms with E-state index in [-0.39, 0.29) is 0 Å². The van der Waals surface area contributed by atoms with Gasteiger partial charge in [0.05, 0.1) is 10.8 Å². The average Bonchev–Trinajstić information content (AvgIpc) is 2.87. The van der Waals surface area contributed by atoms with E-state index in [0.717, 1.165) is 15.2 Å². The fraction of sp³-hybridized carbons (Fsp3) is 0.0833. The number of hydrogen-bond acceptors (Lipinski definition) is 5. The lowest BCUT2D eigenvalue weighted by atomic mass is 10.4. The molecule has 0 aliphatic rings. The molecule has 3 rings (SSSR count). The molecule has 0 unspecified atom stereocenters. The fourth-order valence-electron chi connectivity index (χ4n) is 1.54. The smallest absolute Gasteiger partial charge is 0.142 e. The van der Waals surface area contributed by atoms with Crippen LogP contribution in [0.5, 0.6) is 0 Å². The Hall–Kier alpha value is -0.880. The van der Waals surface area contributed by atoms with Crippen molar-refractivity contribution in [2.45, 2.75) is 10.8 Å². The summed E-state index contributed by atoms with van der Waals surface area (Å²) in [6, 6.07) is 5.54. The summed E-state index contributed by atoms with van der Waals surface area (Å²) < 4.78 is 0. The topological polar surface area (TPSA) is 38.7 Å². The van der Waals surface area contributed by atoms with Gasteiger partial charge in [0.1, 0.15) is 20.8 Å². The first kappa shape index (κ1) is 13.1. The predicted molar refractivity (Wildman–Crippen MR) is 81.2 cm³/mol. The molecule has 7 heteroatoms. The first-order chi connectivity index (χ1) is 9.24. The van der Waals surface area contributed by atoms with Gasteiger partial charge in [0.15, 0.2) is 0 Å². The Morgan fingerprint density at radius 2 is 2.11 bits per heavy atom. The van der Waals surface area contributed by atoms with Crippen LogP contribution in [0.4, 0.5) is 0 Å². The number of aromatic nitrogens is 3. The van der Waals surface area contributed by atoms with Crippen LogP contribution in [0, 0.1) is 0 Å². The molecule has 0 radical (unpaired) electrons. The molecule has 0 bridgehead atoms. The molecule has 0 fully saturated rings. The number of fused-ring (bicyclic) bond motifs is 1. The van der Waals surface area contributed by atoms with Crippen molar-refractivity contribution in [3.8, 4) is 0 Å². The molecule has 0 amide bonds. The van der Waals surface area contributed by atoms with Gasteiger partial charge in [-0.15, -0.1) is 11.3 Å². The van der Waals surface area contributed by atoms with E-state index in [0.29, 0.717) is 21.8 Å². The molecule has 3 heterocycles. The Bertz CT molecular complexity index is 730. The van der Waals surface area contributed by atoms with Crippen molar-refractivity contribution in [3.05, 3.63) is 45.8 Å². The third kappa shape index (κ3) is 2.84. The highest BCUT2D eigenvalue weighted by Crippen LogP contribution is 2.29. The van der Waals surface area contributed by atoms with Crippen LogP contribution in [-0.4, -0.2) is 15.0 Å². The van der Waals surface area contributed by atoms with Crippen LogP contribution in [0.25, 0.3) is 10.2 Å². The molecule has 0 aliphatic heterocycles. The van der Waals surface area contributed by atoms with Crippen molar-refractivity contribution < 1.29 is 0 Å². The Labute approximate surface area is 128 Å². The van der Waals surface area contributed by atoms with Crippen molar-refractivity contribution in [1.29, 1.82) is 0 Å². The van der Waals surface area contributed by atoms with E-state index < -0.39 is 0 Å². The maximum atomic E-state index is 6.12. The van der Waals surface area contributed by atoms with E-state index in [9.17, 15) is 0 Å². The molecule has 0 aromatic carbocycles. The maximum absolute atomic E-state index is 6.12. The maximum Gasteiger partial charge on any atom is 0.142 e. The lowest BCUT2D eigenvalue weighted by Gasteiger charge is -2.03. The van der Waals surface area contributed by atoms with Crippen LogP contribution >= 0.6 is 46.3 Å². The summed E-state index contributed by atoms with van der Waals surface area (Å²) in [5.41, 5.74) is 0. The van der Waals surface area contributed by atoms with Crippen LogP contribution in [0.1, 0.15) is 5.82 Å². The van der Waals surface area contributed by atoms with Gasteiger partial charge in [-0.05, 0) is 23.6 Å². The van der Waals surface area contributed by atoms with Gasteiger partial charge in [0.2, 0.25) is 0 Å². The van der Waals surface area contributed by atoms with Crippen LogP contribution in [-0.2, 0) is 5.75 Å². The molecule has 0 N–H and O–H groups in total. The van der Waals surface area contributed by atoms with Gasteiger partial charge < -0.3 is 0 Å². The van der Waals surface area contributed by atoms with Crippen molar-refractivity contribution >= 4 is 56.5 Å². The van der Waals surface area contributed by atoms with Gasteiger partial charge in [-0.1, -0.05) is 35.0 Å². The van der Waals surface area contributed by atoms with Gasteiger partial charge in [-0.3, -0.25) is 0 Å². The number of thioether (sulfide) groups is 1. The molecule has 0 atom stereocenters. The van der Waals surface area contributed by atoms with E-state index in [1.165, 1.54) is 11.8 Å². The Balaban J connectivity index is 1.84. The molecule has 0 saturated carbocycles. The Morgan fingerprint density at radius 3 is 2.95 bits per heavy atom. The fourth-order valence-corrected chi connectivity index (χ4v) is 3.65. The minimum Gasteiger partial charge on any atom is -0.248 e. The van der Waals surface area contributed by atoms with E-state index in [1.807, 2.05) is 17.5 Å².